The second-order valence-corrected chi connectivity index (χ2v) is 8.24. The van der Waals surface area contributed by atoms with Crippen molar-refractivity contribution in [3.05, 3.63) is 5.82 Å². The molecule has 2 amide bonds. The highest BCUT2D eigenvalue weighted by Gasteiger charge is 2.28. The summed E-state index contributed by atoms with van der Waals surface area (Å²) >= 11 is 1.28. The summed E-state index contributed by atoms with van der Waals surface area (Å²) in [5.74, 6) is -1.16. The molecule has 2 fully saturated rings. The van der Waals surface area contributed by atoms with E-state index in [1.54, 1.807) is 6.26 Å². The van der Waals surface area contributed by atoms with E-state index in [-0.39, 0.29) is 24.6 Å². The first-order valence-electron chi connectivity index (χ1n) is 9.85. The van der Waals surface area contributed by atoms with Crippen molar-refractivity contribution in [1.29, 1.82) is 0 Å². The van der Waals surface area contributed by atoms with Gasteiger partial charge in [-0.1, -0.05) is 37.4 Å². The zero-order valence-corrected chi connectivity index (χ0v) is 17.3. The summed E-state index contributed by atoms with van der Waals surface area (Å²) in [6.45, 7) is 1.35. The summed E-state index contributed by atoms with van der Waals surface area (Å²) in [4.78, 5) is 33.6. The second-order valence-electron chi connectivity index (χ2n) is 7.46. The Kier molecular flexibility index (Phi) is 7.48. The molecule has 0 aromatic carbocycles. The molecule has 11 heteroatoms. The van der Waals surface area contributed by atoms with Crippen molar-refractivity contribution in [2.24, 2.45) is 11.8 Å². The number of hydrogen-bond donors (Lipinski definition) is 3. The van der Waals surface area contributed by atoms with Gasteiger partial charge in [0.1, 0.15) is 0 Å². The second kappa shape index (κ2) is 10.1. The Morgan fingerprint density at radius 2 is 2.10 bits per heavy atom. The summed E-state index contributed by atoms with van der Waals surface area (Å²) in [5.41, 5.74) is 5.07. The molecule has 1 atom stereocenters. The first-order chi connectivity index (χ1) is 14.0. The average molecular weight is 427 g/mol. The lowest BCUT2D eigenvalue weighted by Crippen LogP contribution is -2.42. The average Bonchev–Trinajstić information content (AvgIpc) is 3.19. The van der Waals surface area contributed by atoms with E-state index >= 15 is 0 Å². The molecule has 1 aromatic heterocycles. The number of thioether (sulfide) groups is 1. The SMILES string of the molecule is CSc1nc(NNC(=O)[C@@H](CC2CCCC2)CN(O)C=O)c(F)c(N2CCC2)n1. The van der Waals surface area contributed by atoms with Crippen molar-refractivity contribution in [2.45, 2.75) is 43.7 Å². The van der Waals surface area contributed by atoms with Crippen molar-refractivity contribution >= 4 is 35.7 Å². The minimum Gasteiger partial charge on any atom is -0.354 e. The molecular weight excluding hydrogens is 399 g/mol. The van der Waals surface area contributed by atoms with Gasteiger partial charge in [-0.25, -0.2) is 15.0 Å². The number of amides is 2. The number of carbonyl (C=O) groups excluding carboxylic acids is 2. The minimum atomic E-state index is -0.619. The Balaban J connectivity index is 1.68. The molecular formula is C18H27FN6O3S. The highest BCUT2D eigenvalue weighted by atomic mass is 32.2. The van der Waals surface area contributed by atoms with Crippen LogP contribution in [-0.4, -0.2) is 58.4 Å². The molecule has 2 aliphatic rings. The van der Waals surface area contributed by atoms with E-state index in [9.17, 15) is 19.2 Å². The molecule has 1 aliphatic heterocycles. The minimum absolute atomic E-state index is 0.101. The maximum atomic E-state index is 14.8. The van der Waals surface area contributed by atoms with Gasteiger partial charge in [0.05, 0.1) is 12.5 Å². The predicted octanol–water partition coefficient (Wildman–Crippen LogP) is 2.03. The van der Waals surface area contributed by atoms with Crippen LogP contribution in [0.15, 0.2) is 5.16 Å². The number of anilines is 2. The molecule has 1 aromatic rings. The number of hydrogen-bond acceptors (Lipinski definition) is 8. The lowest BCUT2D eigenvalue weighted by atomic mass is 9.92. The number of aromatic nitrogens is 2. The Bertz CT molecular complexity index is 730. The lowest BCUT2D eigenvalue weighted by Gasteiger charge is -2.32. The van der Waals surface area contributed by atoms with E-state index in [2.05, 4.69) is 20.8 Å². The van der Waals surface area contributed by atoms with Crippen molar-refractivity contribution < 1.29 is 19.2 Å². The van der Waals surface area contributed by atoms with E-state index in [4.69, 9.17) is 0 Å². The van der Waals surface area contributed by atoms with Crippen LogP contribution in [0.2, 0.25) is 0 Å². The lowest BCUT2D eigenvalue weighted by molar-refractivity contribution is -0.154. The molecule has 0 spiro atoms. The summed E-state index contributed by atoms with van der Waals surface area (Å²) in [7, 11) is 0. The molecule has 3 N–H and O–H groups in total. The fourth-order valence-corrected chi connectivity index (χ4v) is 4.09. The molecule has 0 unspecified atom stereocenters. The van der Waals surface area contributed by atoms with Gasteiger partial charge >= 0.3 is 0 Å². The smallest absolute Gasteiger partial charge is 0.243 e. The fraction of sp³-hybridized carbons (Fsp3) is 0.667. The third-order valence-corrected chi connectivity index (χ3v) is 6.00. The molecule has 0 bridgehead atoms. The van der Waals surface area contributed by atoms with Crippen LogP contribution in [-0.2, 0) is 9.59 Å². The number of rotatable bonds is 10. The van der Waals surface area contributed by atoms with Crippen molar-refractivity contribution in [3.63, 3.8) is 0 Å². The largest absolute Gasteiger partial charge is 0.354 e. The van der Waals surface area contributed by atoms with Crippen LogP contribution in [0.3, 0.4) is 0 Å². The molecule has 1 saturated heterocycles. The quantitative estimate of drug-likeness (QED) is 0.171. The molecule has 2 heterocycles. The van der Waals surface area contributed by atoms with E-state index in [0.717, 1.165) is 45.2 Å². The molecule has 3 rings (SSSR count). The van der Waals surface area contributed by atoms with Gasteiger partial charge in [-0.05, 0) is 25.0 Å². The van der Waals surface area contributed by atoms with Crippen LogP contribution in [0, 0.1) is 17.7 Å². The predicted molar refractivity (Wildman–Crippen MR) is 107 cm³/mol. The van der Waals surface area contributed by atoms with E-state index in [1.807, 2.05) is 4.90 Å². The van der Waals surface area contributed by atoms with Gasteiger partial charge in [0.25, 0.3) is 0 Å². The fourth-order valence-electron chi connectivity index (χ4n) is 3.73. The van der Waals surface area contributed by atoms with Crippen molar-refractivity contribution in [1.82, 2.24) is 20.5 Å². The van der Waals surface area contributed by atoms with Crippen LogP contribution >= 0.6 is 11.8 Å². The standard InChI is InChI=1S/C18H27FN6O3S/c1-29-18-20-15(14(19)16(21-18)24-7-4-8-24)22-23-17(27)13(10-25(28)11-26)9-12-5-2-3-6-12/h11-13,28H,2-10H2,1H3,(H,23,27)(H,20,21,22)/t13-/m0/s1. The van der Waals surface area contributed by atoms with Gasteiger partial charge < -0.3 is 4.90 Å². The van der Waals surface area contributed by atoms with Gasteiger partial charge in [-0.2, -0.15) is 4.39 Å². The summed E-state index contributed by atoms with van der Waals surface area (Å²) in [5, 5.41) is 10.4. The van der Waals surface area contributed by atoms with Crippen molar-refractivity contribution in [3.8, 4) is 0 Å². The monoisotopic (exact) mass is 426 g/mol. The Hall–Kier alpha value is -2.14. The van der Waals surface area contributed by atoms with Gasteiger partial charge in [-0.3, -0.25) is 25.6 Å². The topological polar surface area (TPSA) is 111 Å². The van der Waals surface area contributed by atoms with Gasteiger partial charge in [0, 0.05) is 13.1 Å². The van der Waals surface area contributed by atoms with Crippen LogP contribution in [0.1, 0.15) is 38.5 Å². The van der Waals surface area contributed by atoms with E-state index in [0.29, 0.717) is 22.6 Å². The number of nitrogens with zero attached hydrogens (tertiary/aromatic N) is 4. The molecule has 0 radical (unpaired) electrons. The molecule has 1 aliphatic carbocycles. The van der Waals surface area contributed by atoms with Crippen LogP contribution in [0.5, 0.6) is 0 Å². The highest BCUT2D eigenvalue weighted by Crippen LogP contribution is 2.31. The third kappa shape index (κ3) is 5.47. The first-order valence-corrected chi connectivity index (χ1v) is 11.1. The van der Waals surface area contributed by atoms with Gasteiger partial charge in [0.15, 0.2) is 16.8 Å². The summed E-state index contributed by atoms with van der Waals surface area (Å²) < 4.78 is 14.8. The number of hydroxylamine groups is 2. The molecule has 9 nitrogen and oxygen atoms in total. The summed E-state index contributed by atoms with van der Waals surface area (Å²) in [6, 6.07) is 0. The normalized spacial score (nSPS) is 17.6. The zero-order valence-electron chi connectivity index (χ0n) is 16.4. The first kappa shape index (κ1) is 21.6. The Labute approximate surface area is 173 Å². The Morgan fingerprint density at radius 3 is 2.69 bits per heavy atom. The van der Waals surface area contributed by atoms with E-state index in [1.165, 1.54) is 11.8 Å². The maximum absolute atomic E-state index is 14.8. The molecule has 1 saturated carbocycles. The van der Waals surface area contributed by atoms with E-state index < -0.39 is 17.6 Å². The van der Waals surface area contributed by atoms with Crippen LogP contribution in [0.4, 0.5) is 16.0 Å². The number of hydrazine groups is 1. The Morgan fingerprint density at radius 1 is 1.38 bits per heavy atom. The number of halogens is 1. The van der Waals surface area contributed by atoms with Crippen LogP contribution < -0.4 is 15.8 Å². The summed E-state index contributed by atoms with van der Waals surface area (Å²) in [6.07, 6.45) is 7.90. The molecule has 160 valence electrons. The zero-order chi connectivity index (χ0) is 20.8. The maximum Gasteiger partial charge on any atom is 0.243 e. The number of nitrogens with one attached hydrogen (secondary N) is 2. The van der Waals surface area contributed by atoms with Gasteiger partial charge in [0.2, 0.25) is 18.1 Å². The third-order valence-electron chi connectivity index (χ3n) is 5.45. The highest BCUT2D eigenvalue weighted by molar-refractivity contribution is 7.98. The van der Waals surface area contributed by atoms with Crippen LogP contribution in [0.25, 0.3) is 0 Å². The molecule has 29 heavy (non-hydrogen) atoms. The number of carbonyl (C=O) groups is 2. The van der Waals surface area contributed by atoms with Crippen molar-refractivity contribution in [2.75, 3.05) is 36.2 Å². The van der Waals surface area contributed by atoms with Gasteiger partial charge in [-0.15, -0.1) is 0 Å².